The van der Waals surface area contributed by atoms with E-state index in [1.807, 2.05) is 0 Å². The van der Waals surface area contributed by atoms with Gasteiger partial charge >= 0.3 is 0 Å². The molecule has 3 rings (SSSR count). The van der Waals surface area contributed by atoms with Crippen LogP contribution >= 0.6 is 0 Å². The third-order valence-corrected chi connectivity index (χ3v) is 4.02. The molecule has 0 saturated carbocycles. The molecule has 6 nitrogen and oxygen atoms in total. The van der Waals surface area contributed by atoms with E-state index in [2.05, 4.69) is 25.4 Å². The molecule has 0 spiro atoms. The Morgan fingerprint density at radius 1 is 1.21 bits per heavy atom. The molecule has 0 radical (unpaired) electrons. The second-order valence-corrected chi connectivity index (χ2v) is 5.37. The Morgan fingerprint density at radius 2 is 2.00 bits per heavy atom. The lowest BCUT2D eigenvalue weighted by Crippen LogP contribution is -2.37. The lowest BCUT2D eigenvalue weighted by Gasteiger charge is -2.25. The van der Waals surface area contributed by atoms with Gasteiger partial charge in [-0.25, -0.2) is 4.98 Å². The fourth-order valence-electron chi connectivity index (χ4n) is 2.77. The SMILES string of the molecule is C1CC(c2n[nH]c(CCN3CCOCC3)n2)CCN1. The molecule has 0 unspecified atom stereocenters. The lowest BCUT2D eigenvalue weighted by atomic mass is 9.98. The molecule has 1 aromatic rings. The lowest BCUT2D eigenvalue weighted by molar-refractivity contribution is 0.0382. The Kier molecular flexibility index (Phi) is 4.42. The van der Waals surface area contributed by atoms with Gasteiger partial charge in [0.05, 0.1) is 13.2 Å². The van der Waals surface area contributed by atoms with Gasteiger partial charge < -0.3 is 10.1 Å². The van der Waals surface area contributed by atoms with Crippen LogP contribution in [0, 0.1) is 0 Å². The standard InChI is InChI=1S/C13H23N5O/c1-4-14-5-2-11(1)13-15-12(16-17-13)3-6-18-7-9-19-10-8-18/h11,14H,1-10H2,(H,15,16,17). The zero-order chi connectivity index (χ0) is 12.9. The van der Waals surface area contributed by atoms with Gasteiger partial charge in [-0.15, -0.1) is 0 Å². The van der Waals surface area contributed by atoms with Crippen LogP contribution < -0.4 is 5.32 Å². The average Bonchev–Trinajstić information content (AvgIpc) is 2.96. The average molecular weight is 265 g/mol. The summed E-state index contributed by atoms with van der Waals surface area (Å²) >= 11 is 0. The van der Waals surface area contributed by atoms with Gasteiger partial charge in [0.15, 0.2) is 5.82 Å². The van der Waals surface area contributed by atoms with Crippen molar-refractivity contribution in [3.63, 3.8) is 0 Å². The topological polar surface area (TPSA) is 66.1 Å². The molecule has 1 aromatic heterocycles. The van der Waals surface area contributed by atoms with E-state index in [1.165, 1.54) is 0 Å². The Morgan fingerprint density at radius 3 is 2.79 bits per heavy atom. The number of piperidine rings is 1. The van der Waals surface area contributed by atoms with Crippen LogP contribution in [0.25, 0.3) is 0 Å². The predicted molar refractivity (Wildman–Crippen MR) is 72.2 cm³/mol. The van der Waals surface area contributed by atoms with Crippen LogP contribution in [-0.2, 0) is 11.2 Å². The van der Waals surface area contributed by atoms with E-state index >= 15 is 0 Å². The highest BCUT2D eigenvalue weighted by molar-refractivity contribution is 5.00. The summed E-state index contributed by atoms with van der Waals surface area (Å²) in [6, 6.07) is 0. The van der Waals surface area contributed by atoms with Gasteiger partial charge in [-0.1, -0.05) is 0 Å². The van der Waals surface area contributed by atoms with Gasteiger partial charge in [-0.05, 0) is 25.9 Å². The minimum atomic E-state index is 0.537. The highest BCUT2D eigenvalue weighted by atomic mass is 16.5. The largest absolute Gasteiger partial charge is 0.379 e. The fourth-order valence-corrected chi connectivity index (χ4v) is 2.77. The highest BCUT2D eigenvalue weighted by Gasteiger charge is 2.19. The highest BCUT2D eigenvalue weighted by Crippen LogP contribution is 2.21. The maximum Gasteiger partial charge on any atom is 0.153 e. The number of aromatic nitrogens is 3. The molecule has 0 atom stereocenters. The number of nitrogens with one attached hydrogen (secondary N) is 2. The number of hydrogen-bond acceptors (Lipinski definition) is 5. The van der Waals surface area contributed by atoms with Crippen LogP contribution in [0.15, 0.2) is 0 Å². The van der Waals surface area contributed by atoms with Crippen LogP contribution in [-0.4, -0.2) is 66.0 Å². The summed E-state index contributed by atoms with van der Waals surface area (Å²) in [5.74, 6) is 2.58. The summed E-state index contributed by atoms with van der Waals surface area (Å²) in [4.78, 5) is 7.09. The molecular weight excluding hydrogens is 242 g/mol. The minimum Gasteiger partial charge on any atom is -0.379 e. The fraction of sp³-hybridized carbons (Fsp3) is 0.846. The summed E-state index contributed by atoms with van der Waals surface area (Å²) in [6.45, 7) is 7.01. The number of H-pyrrole nitrogens is 1. The van der Waals surface area contributed by atoms with E-state index in [4.69, 9.17) is 4.74 Å². The number of rotatable bonds is 4. The Bertz CT molecular complexity index is 382. The molecule has 106 valence electrons. The number of aromatic amines is 1. The molecule has 0 aliphatic carbocycles. The molecule has 2 aliphatic heterocycles. The quantitative estimate of drug-likeness (QED) is 0.811. The smallest absolute Gasteiger partial charge is 0.153 e. The number of ether oxygens (including phenoxy) is 1. The van der Waals surface area contributed by atoms with Crippen molar-refractivity contribution in [1.82, 2.24) is 25.4 Å². The molecule has 0 aromatic carbocycles. The van der Waals surface area contributed by atoms with Gasteiger partial charge in [0, 0.05) is 32.0 Å². The second-order valence-electron chi connectivity index (χ2n) is 5.37. The van der Waals surface area contributed by atoms with Crippen molar-refractivity contribution in [3.8, 4) is 0 Å². The first kappa shape index (κ1) is 13.0. The van der Waals surface area contributed by atoms with Crippen molar-refractivity contribution in [2.75, 3.05) is 45.9 Å². The van der Waals surface area contributed by atoms with E-state index in [0.29, 0.717) is 5.92 Å². The van der Waals surface area contributed by atoms with Crippen LogP contribution in [0.1, 0.15) is 30.4 Å². The number of morpholine rings is 1. The van der Waals surface area contributed by atoms with Crippen LogP contribution in [0.3, 0.4) is 0 Å². The van der Waals surface area contributed by atoms with Crippen molar-refractivity contribution in [2.45, 2.75) is 25.2 Å². The zero-order valence-corrected chi connectivity index (χ0v) is 11.4. The summed E-state index contributed by atoms with van der Waals surface area (Å²) in [5, 5.41) is 10.9. The zero-order valence-electron chi connectivity index (χ0n) is 11.4. The van der Waals surface area contributed by atoms with E-state index in [9.17, 15) is 0 Å². The van der Waals surface area contributed by atoms with Gasteiger partial charge in [0.2, 0.25) is 0 Å². The number of nitrogens with zero attached hydrogens (tertiary/aromatic N) is 3. The maximum atomic E-state index is 5.35. The second kappa shape index (κ2) is 6.45. The summed E-state index contributed by atoms with van der Waals surface area (Å²) < 4.78 is 5.35. The van der Waals surface area contributed by atoms with Crippen LogP contribution in [0.4, 0.5) is 0 Å². The molecule has 19 heavy (non-hydrogen) atoms. The third-order valence-electron chi connectivity index (χ3n) is 4.02. The van der Waals surface area contributed by atoms with Crippen LogP contribution in [0.5, 0.6) is 0 Å². The summed E-state index contributed by atoms with van der Waals surface area (Å²) in [5.41, 5.74) is 0. The van der Waals surface area contributed by atoms with Gasteiger partial charge in [-0.2, -0.15) is 5.10 Å². The van der Waals surface area contributed by atoms with Crippen LogP contribution in [0.2, 0.25) is 0 Å². The first-order chi connectivity index (χ1) is 9.42. The molecule has 2 aliphatic rings. The van der Waals surface area contributed by atoms with Crippen molar-refractivity contribution in [3.05, 3.63) is 11.6 Å². The molecule has 0 bridgehead atoms. The first-order valence-corrected chi connectivity index (χ1v) is 7.34. The van der Waals surface area contributed by atoms with Crippen molar-refractivity contribution < 1.29 is 4.74 Å². The van der Waals surface area contributed by atoms with Gasteiger partial charge in [0.1, 0.15) is 5.82 Å². The van der Waals surface area contributed by atoms with E-state index in [0.717, 1.165) is 76.8 Å². The summed E-state index contributed by atoms with van der Waals surface area (Å²) in [7, 11) is 0. The van der Waals surface area contributed by atoms with Crippen molar-refractivity contribution >= 4 is 0 Å². The molecule has 2 fully saturated rings. The molecule has 2 N–H and O–H groups in total. The normalized spacial score (nSPS) is 22.7. The Balaban J connectivity index is 1.49. The van der Waals surface area contributed by atoms with E-state index in [-0.39, 0.29) is 0 Å². The van der Waals surface area contributed by atoms with Crippen molar-refractivity contribution in [1.29, 1.82) is 0 Å². The molecule has 3 heterocycles. The number of hydrogen-bond donors (Lipinski definition) is 2. The van der Waals surface area contributed by atoms with Crippen molar-refractivity contribution in [2.24, 2.45) is 0 Å². The van der Waals surface area contributed by atoms with E-state index < -0.39 is 0 Å². The third kappa shape index (κ3) is 3.52. The van der Waals surface area contributed by atoms with Gasteiger partial charge in [-0.3, -0.25) is 10.00 Å². The molecule has 0 amide bonds. The molecular formula is C13H23N5O. The minimum absolute atomic E-state index is 0.537. The Hall–Kier alpha value is -0.980. The Labute approximate surface area is 113 Å². The molecule has 6 heteroatoms. The maximum absolute atomic E-state index is 5.35. The first-order valence-electron chi connectivity index (χ1n) is 7.34. The van der Waals surface area contributed by atoms with Gasteiger partial charge in [0.25, 0.3) is 0 Å². The monoisotopic (exact) mass is 265 g/mol. The summed E-state index contributed by atoms with van der Waals surface area (Å²) in [6.07, 6.45) is 3.26. The predicted octanol–water partition coefficient (Wildman–Crippen LogP) is 0.146. The van der Waals surface area contributed by atoms with E-state index in [1.54, 1.807) is 0 Å². The molecule has 2 saturated heterocycles.